The van der Waals surface area contributed by atoms with E-state index in [-0.39, 0.29) is 0 Å². The van der Waals surface area contributed by atoms with Gasteiger partial charge in [0.05, 0.1) is 19.8 Å². The lowest BCUT2D eigenvalue weighted by Gasteiger charge is -2.26. The summed E-state index contributed by atoms with van der Waals surface area (Å²) < 4.78 is 11.0. The zero-order valence-electron chi connectivity index (χ0n) is 10.3. The molecule has 1 fully saturated rings. The van der Waals surface area contributed by atoms with Crippen LogP contribution in [-0.2, 0) is 4.74 Å². The van der Waals surface area contributed by atoms with Crippen molar-refractivity contribution < 1.29 is 9.47 Å². The second-order valence-electron chi connectivity index (χ2n) is 4.91. The van der Waals surface area contributed by atoms with Gasteiger partial charge in [0, 0.05) is 5.92 Å². The van der Waals surface area contributed by atoms with Crippen LogP contribution in [0.5, 0.6) is 5.75 Å². The molecule has 0 aliphatic carbocycles. The fraction of sp³-hybridized carbons (Fsp3) is 0.571. The quantitative estimate of drug-likeness (QED) is 0.776. The highest BCUT2D eigenvalue weighted by Crippen LogP contribution is 2.28. The Kier molecular flexibility index (Phi) is 3.49. The lowest BCUT2D eigenvalue weighted by Crippen LogP contribution is -2.32. The van der Waals surface area contributed by atoms with Gasteiger partial charge in [0.1, 0.15) is 5.75 Å². The molecule has 1 aromatic rings. The largest absolute Gasteiger partial charge is 0.493 e. The Morgan fingerprint density at radius 1 is 1.38 bits per heavy atom. The summed E-state index contributed by atoms with van der Waals surface area (Å²) in [7, 11) is 0. The molecule has 0 bridgehead atoms. The van der Waals surface area contributed by atoms with Gasteiger partial charge < -0.3 is 9.47 Å². The van der Waals surface area contributed by atoms with Crippen molar-refractivity contribution in [3.63, 3.8) is 0 Å². The van der Waals surface area contributed by atoms with Crippen LogP contribution in [-0.4, -0.2) is 19.8 Å². The smallest absolute Gasteiger partial charge is 0.122 e. The van der Waals surface area contributed by atoms with E-state index in [9.17, 15) is 0 Å². The van der Waals surface area contributed by atoms with Crippen molar-refractivity contribution in [2.24, 2.45) is 5.92 Å². The minimum atomic E-state index is 0.507. The van der Waals surface area contributed by atoms with Crippen LogP contribution in [0.15, 0.2) is 18.2 Å². The van der Waals surface area contributed by atoms with Gasteiger partial charge in [-0.3, -0.25) is 0 Å². The van der Waals surface area contributed by atoms with E-state index in [1.807, 2.05) is 0 Å². The lowest BCUT2D eigenvalue weighted by atomic mass is 10.00. The normalized spacial score (nSPS) is 16.2. The van der Waals surface area contributed by atoms with Crippen molar-refractivity contribution in [3.05, 3.63) is 29.3 Å². The Hall–Kier alpha value is -1.02. The minimum absolute atomic E-state index is 0.507. The topological polar surface area (TPSA) is 18.5 Å². The van der Waals surface area contributed by atoms with Gasteiger partial charge in [-0.25, -0.2) is 0 Å². The molecule has 0 atom stereocenters. The van der Waals surface area contributed by atoms with Crippen molar-refractivity contribution >= 4 is 0 Å². The number of rotatable bonds is 4. The number of ether oxygens (including phenoxy) is 2. The third-order valence-corrected chi connectivity index (χ3v) is 2.97. The van der Waals surface area contributed by atoms with E-state index in [1.54, 1.807) is 0 Å². The van der Waals surface area contributed by atoms with Crippen LogP contribution >= 0.6 is 0 Å². The van der Waals surface area contributed by atoms with E-state index >= 15 is 0 Å². The monoisotopic (exact) mass is 220 g/mol. The molecule has 0 amide bonds. The molecule has 0 aromatic heterocycles. The predicted octanol–water partition coefficient (Wildman–Crippen LogP) is 3.14. The molecule has 0 unspecified atom stereocenters. The predicted molar refractivity (Wildman–Crippen MR) is 65.1 cm³/mol. The highest BCUT2D eigenvalue weighted by molar-refractivity contribution is 5.38. The minimum Gasteiger partial charge on any atom is -0.493 e. The molecule has 1 saturated heterocycles. The maximum Gasteiger partial charge on any atom is 0.122 e. The van der Waals surface area contributed by atoms with E-state index in [4.69, 9.17) is 9.47 Å². The molecule has 1 heterocycles. The van der Waals surface area contributed by atoms with Crippen LogP contribution in [0, 0.1) is 12.8 Å². The summed E-state index contributed by atoms with van der Waals surface area (Å²) in [5.74, 6) is 2.13. The summed E-state index contributed by atoms with van der Waals surface area (Å²) in [5, 5.41) is 0. The van der Waals surface area contributed by atoms with E-state index in [0.29, 0.717) is 11.8 Å². The van der Waals surface area contributed by atoms with E-state index in [1.165, 1.54) is 11.1 Å². The lowest BCUT2D eigenvalue weighted by molar-refractivity contribution is -0.0509. The average molecular weight is 220 g/mol. The van der Waals surface area contributed by atoms with E-state index < -0.39 is 0 Å². The molecule has 1 aliphatic rings. The Bertz CT molecular complexity index is 354. The first-order valence-electron chi connectivity index (χ1n) is 5.98. The number of benzene rings is 1. The maximum absolute atomic E-state index is 5.88. The van der Waals surface area contributed by atoms with Crippen molar-refractivity contribution in [1.82, 2.24) is 0 Å². The van der Waals surface area contributed by atoms with Gasteiger partial charge >= 0.3 is 0 Å². The molecule has 2 heteroatoms. The van der Waals surface area contributed by atoms with Gasteiger partial charge in [-0.1, -0.05) is 31.5 Å². The fourth-order valence-corrected chi connectivity index (χ4v) is 1.84. The van der Waals surface area contributed by atoms with E-state index in [2.05, 4.69) is 39.0 Å². The first-order valence-corrected chi connectivity index (χ1v) is 5.98. The van der Waals surface area contributed by atoms with Gasteiger partial charge in [-0.05, 0) is 24.5 Å². The molecule has 0 saturated carbocycles. The van der Waals surface area contributed by atoms with Crippen molar-refractivity contribution in [3.8, 4) is 5.75 Å². The first-order chi connectivity index (χ1) is 7.66. The Morgan fingerprint density at radius 3 is 2.69 bits per heavy atom. The van der Waals surface area contributed by atoms with Crippen molar-refractivity contribution in [1.29, 1.82) is 0 Å². The van der Waals surface area contributed by atoms with Gasteiger partial charge in [0.15, 0.2) is 0 Å². The fourth-order valence-electron chi connectivity index (χ4n) is 1.84. The highest BCUT2D eigenvalue weighted by Gasteiger charge is 2.19. The van der Waals surface area contributed by atoms with Crippen LogP contribution in [0.1, 0.15) is 30.9 Å². The Balaban J connectivity index is 2.05. The second kappa shape index (κ2) is 4.88. The standard InChI is InChI=1S/C14H20O2/c1-10(2)13-6-11(3)4-5-14(13)16-9-12-7-15-8-12/h4-6,10,12H,7-9H2,1-3H3. The summed E-state index contributed by atoms with van der Waals surface area (Å²) in [5.41, 5.74) is 2.60. The molecule has 0 N–H and O–H groups in total. The average Bonchev–Trinajstić information content (AvgIpc) is 2.17. The maximum atomic E-state index is 5.88. The zero-order chi connectivity index (χ0) is 11.5. The summed E-state index contributed by atoms with van der Waals surface area (Å²) in [6.07, 6.45) is 0. The summed E-state index contributed by atoms with van der Waals surface area (Å²) >= 11 is 0. The third kappa shape index (κ3) is 2.56. The summed E-state index contributed by atoms with van der Waals surface area (Å²) in [6.45, 7) is 9.01. The van der Waals surface area contributed by atoms with Crippen LogP contribution < -0.4 is 4.74 Å². The third-order valence-electron chi connectivity index (χ3n) is 2.97. The van der Waals surface area contributed by atoms with Crippen LogP contribution in [0.2, 0.25) is 0 Å². The number of hydrogen-bond acceptors (Lipinski definition) is 2. The summed E-state index contributed by atoms with van der Waals surface area (Å²) in [6, 6.07) is 6.42. The molecule has 0 radical (unpaired) electrons. The highest BCUT2D eigenvalue weighted by atomic mass is 16.5. The van der Waals surface area contributed by atoms with Crippen molar-refractivity contribution in [2.45, 2.75) is 26.7 Å². The molecular weight excluding hydrogens is 200 g/mol. The van der Waals surface area contributed by atoms with Gasteiger partial charge in [-0.15, -0.1) is 0 Å². The van der Waals surface area contributed by atoms with Crippen LogP contribution in [0.4, 0.5) is 0 Å². The molecule has 2 nitrogen and oxygen atoms in total. The summed E-state index contributed by atoms with van der Waals surface area (Å²) in [4.78, 5) is 0. The van der Waals surface area contributed by atoms with Gasteiger partial charge in [-0.2, -0.15) is 0 Å². The second-order valence-corrected chi connectivity index (χ2v) is 4.91. The molecule has 88 valence electrons. The Morgan fingerprint density at radius 2 is 2.12 bits per heavy atom. The van der Waals surface area contributed by atoms with E-state index in [0.717, 1.165) is 25.6 Å². The molecular formula is C14H20O2. The van der Waals surface area contributed by atoms with Crippen LogP contribution in [0.25, 0.3) is 0 Å². The first kappa shape index (κ1) is 11.5. The number of aryl methyl sites for hydroxylation is 1. The van der Waals surface area contributed by atoms with Crippen molar-refractivity contribution in [2.75, 3.05) is 19.8 Å². The van der Waals surface area contributed by atoms with Gasteiger partial charge in [0.2, 0.25) is 0 Å². The zero-order valence-corrected chi connectivity index (χ0v) is 10.3. The molecule has 1 aliphatic heterocycles. The Labute approximate surface area is 97.6 Å². The molecule has 2 rings (SSSR count). The molecule has 1 aromatic carbocycles. The SMILES string of the molecule is Cc1ccc(OCC2COC2)c(C(C)C)c1. The number of hydrogen-bond donors (Lipinski definition) is 0. The molecule has 16 heavy (non-hydrogen) atoms. The van der Waals surface area contributed by atoms with Gasteiger partial charge in [0.25, 0.3) is 0 Å². The van der Waals surface area contributed by atoms with Crippen LogP contribution in [0.3, 0.4) is 0 Å². The molecule has 0 spiro atoms.